The molecule has 0 aliphatic carbocycles. The van der Waals surface area contributed by atoms with Crippen molar-refractivity contribution in [3.63, 3.8) is 0 Å². The number of pyridine rings is 1. The maximum Gasteiger partial charge on any atom is 0.214 e. The average Bonchev–Trinajstić information content (AvgIpc) is 2.15. The molecule has 0 aliphatic heterocycles. The van der Waals surface area contributed by atoms with Crippen molar-refractivity contribution in [2.75, 3.05) is 5.32 Å². The van der Waals surface area contributed by atoms with Crippen molar-refractivity contribution in [2.45, 2.75) is 13.8 Å². The number of hydrogen-bond donors (Lipinski definition) is 2. The molecule has 0 spiro atoms. The second-order valence-corrected chi connectivity index (χ2v) is 4.19. The van der Waals surface area contributed by atoms with Crippen LogP contribution in [-0.2, 0) is 0 Å². The third-order valence-electron chi connectivity index (χ3n) is 1.76. The Morgan fingerprint density at radius 3 is 2.81 bits per heavy atom. The fraction of sp³-hybridized carbons (Fsp3) is 0.300. The van der Waals surface area contributed by atoms with Crippen molar-refractivity contribution in [1.29, 1.82) is 5.41 Å². The fourth-order valence-electron chi connectivity index (χ4n) is 1.04. The SMILES string of the molecule is CC(C)/C(=N/C(=N)Br)Nc1ccnc(F)c1. The van der Waals surface area contributed by atoms with Gasteiger partial charge in [-0.15, -0.1) is 0 Å². The fourth-order valence-corrected chi connectivity index (χ4v) is 1.23. The molecule has 0 unspecified atom stereocenters. The largest absolute Gasteiger partial charge is 0.343 e. The van der Waals surface area contributed by atoms with Crippen LogP contribution in [0, 0.1) is 17.3 Å². The summed E-state index contributed by atoms with van der Waals surface area (Å²) in [6.45, 7) is 3.86. The van der Waals surface area contributed by atoms with Gasteiger partial charge < -0.3 is 5.32 Å². The second-order valence-electron chi connectivity index (χ2n) is 3.43. The van der Waals surface area contributed by atoms with Gasteiger partial charge in [-0.25, -0.2) is 9.98 Å². The van der Waals surface area contributed by atoms with E-state index in [0.717, 1.165) is 0 Å². The van der Waals surface area contributed by atoms with Crippen molar-refractivity contribution >= 4 is 32.2 Å². The van der Waals surface area contributed by atoms with E-state index in [-0.39, 0.29) is 10.7 Å². The lowest BCUT2D eigenvalue weighted by atomic mass is 10.2. The van der Waals surface area contributed by atoms with E-state index >= 15 is 0 Å². The molecule has 1 aromatic rings. The molecule has 4 nitrogen and oxygen atoms in total. The molecule has 0 bridgehead atoms. The zero-order valence-electron chi connectivity index (χ0n) is 8.96. The van der Waals surface area contributed by atoms with Gasteiger partial charge >= 0.3 is 0 Å². The van der Waals surface area contributed by atoms with E-state index in [1.54, 1.807) is 6.07 Å². The van der Waals surface area contributed by atoms with E-state index in [0.29, 0.717) is 11.5 Å². The van der Waals surface area contributed by atoms with Crippen LogP contribution < -0.4 is 5.32 Å². The molecule has 0 amide bonds. The first-order chi connectivity index (χ1) is 7.49. The summed E-state index contributed by atoms with van der Waals surface area (Å²) in [5.74, 6) is 0.142. The summed E-state index contributed by atoms with van der Waals surface area (Å²) >= 11 is 2.94. The van der Waals surface area contributed by atoms with Crippen LogP contribution in [0.3, 0.4) is 0 Å². The molecule has 0 saturated heterocycles. The van der Waals surface area contributed by atoms with Crippen LogP contribution in [0.5, 0.6) is 0 Å². The molecule has 0 fully saturated rings. The van der Waals surface area contributed by atoms with Gasteiger partial charge in [0.15, 0.2) is 4.74 Å². The molecule has 0 saturated carbocycles. The second kappa shape index (κ2) is 5.69. The summed E-state index contributed by atoms with van der Waals surface area (Å²) in [5.41, 5.74) is 0.564. The first-order valence-corrected chi connectivity index (χ1v) is 5.49. The maximum atomic E-state index is 12.8. The molecule has 0 aromatic carbocycles. The predicted octanol–water partition coefficient (Wildman–Crippen LogP) is 3.02. The normalized spacial score (nSPS) is 11.7. The smallest absolute Gasteiger partial charge is 0.214 e. The summed E-state index contributed by atoms with van der Waals surface area (Å²) in [6.07, 6.45) is 1.37. The number of aromatic nitrogens is 1. The molecule has 1 rings (SSSR count). The molecule has 0 radical (unpaired) electrons. The van der Waals surface area contributed by atoms with E-state index in [4.69, 9.17) is 5.41 Å². The molecule has 0 aliphatic rings. The molecular weight excluding hydrogens is 275 g/mol. The summed E-state index contributed by atoms with van der Waals surface area (Å²) in [7, 11) is 0. The zero-order valence-corrected chi connectivity index (χ0v) is 10.5. The lowest BCUT2D eigenvalue weighted by Crippen LogP contribution is -2.19. The van der Waals surface area contributed by atoms with Gasteiger partial charge in [0.05, 0.1) is 0 Å². The zero-order chi connectivity index (χ0) is 12.1. The number of amidine groups is 2. The Bertz CT molecular complexity index is 417. The van der Waals surface area contributed by atoms with Crippen molar-refractivity contribution in [2.24, 2.45) is 10.9 Å². The Morgan fingerprint density at radius 2 is 2.31 bits per heavy atom. The van der Waals surface area contributed by atoms with Gasteiger partial charge in [0.2, 0.25) is 5.95 Å². The van der Waals surface area contributed by atoms with Crippen LogP contribution in [0.4, 0.5) is 10.1 Å². The van der Waals surface area contributed by atoms with Gasteiger partial charge in [0, 0.05) is 23.9 Å². The third-order valence-corrected chi connectivity index (χ3v) is 1.94. The topological polar surface area (TPSA) is 61.1 Å². The highest BCUT2D eigenvalue weighted by Gasteiger charge is 2.07. The lowest BCUT2D eigenvalue weighted by Gasteiger charge is -2.12. The molecule has 1 heterocycles. The monoisotopic (exact) mass is 286 g/mol. The predicted molar refractivity (Wildman–Crippen MR) is 66.7 cm³/mol. The number of anilines is 1. The van der Waals surface area contributed by atoms with Crippen molar-refractivity contribution in [3.8, 4) is 0 Å². The van der Waals surface area contributed by atoms with Crippen LogP contribution in [0.2, 0.25) is 0 Å². The summed E-state index contributed by atoms with van der Waals surface area (Å²) < 4.78 is 12.9. The summed E-state index contributed by atoms with van der Waals surface area (Å²) in [4.78, 5) is 7.42. The number of aliphatic imine (C=N–C) groups is 1. The Morgan fingerprint density at radius 1 is 1.62 bits per heavy atom. The van der Waals surface area contributed by atoms with Gasteiger partial charge in [0.1, 0.15) is 5.84 Å². The Hall–Kier alpha value is -1.30. The number of nitrogens with zero attached hydrogens (tertiary/aromatic N) is 2. The van der Waals surface area contributed by atoms with Gasteiger partial charge in [-0.1, -0.05) is 13.8 Å². The first kappa shape index (κ1) is 12.8. The molecule has 16 heavy (non-hydrogen) atoms. The van der Waals surface area contributed by atoms with E-state index in [1.807, 2.05) is 13.8 Å². The summed E-state index contributed by atoms with van der Waals surface area (Å²) in [5, 5.41) is 10.2. The standard InChI is InChI=1S/C10H12BrFN4/c1-6(2)9(16-10(11)13)15-7-3-4-14-8(12)5-7/h3-6H,1-2H3,(H2,13,14,15,16). The van der Waals surface area contributed by atoms with E-state index in [1.165, 1.54) is 12.3 Å². The van der Waals surface area contributed by atoms with Crippen molar-refractivity contribution in [1.82, 2.24) is 4.98 Å². The number of rotatable bonds is 2. The molecule has 6 heteroatoms. The molecule has 86 valence electrons. The minimum atomic E-state index is -0.554. The maximum absolute atomic E-state index is 12.8. The van der Waals surface area contributed by atoms with Crippen LogP contribution in [0.25, 0.3) is 0 Å². The van der Waals surface area contributed by atoms with E-state index in [2.05, 4.69) is 31.2 Å². The highest BCUT2D eigenvalue weighted by molar-refractivity contribution is 9.18. The van der Waals surface area contributed by atoms with Crippen LogP contribution in [-0.4, -0.2) is 15.6 Å². The van der Waals surface area contributed by atoms with Crippen molar-refractivity contribution in [3.05, 3.63) is 24.3 Å². The Kier molecular flexibility index (Phi) is 4.54. The van der Waals surface area contributed by atoms with Crippen LogP contribution in [0.15, 0.2) is 23.3 Å². The Balaban J connectivity index is 2.88. The van der Waals surface area contributed by atoms with Gasteiger partial charge in [-0.2, -0.15) is 4.39 Å². The van der Waals surface area contributed by atoms with Gasteiger partial charge in [0.25, 0.3) is 0 Å². The first-order valence-electron chi connectivity index (χ1n) is 4.70. The van der Waals surface area contributed by atoms with Gasteiger partial charge in [-0.05, 0) is 22.0 Å². The van der Waals surface area contributed by atoms with Crippen LogP contribution >= 0.6 is 15.9 Å². The van der Waals surface area contributed by atoms with E-state index in [9.17, 15) is 4.39 Å². The molecule has 1 aromatic heterocycles. The number of nitrogens with one attached hydrogen (secondary N) is 2. The highest BCUT2D eigenvalue weighted by Crippen LogP contribution is 2.10. The van der Waals surface area contributed by atoms with E-state index < -0.39 is 5.95 Å². The highest BCUT2D eigenvalue weighted by atomic mass is 79.9. The quantitative estimate of drug-likeness (QED) is 0.380. The third kappa shape index (κ3) is 4.06. The number of halogens is 2. The molecule has 0 atom stereocenters. The molecule has 2 N–H and O–H groups in total. The molecular formula is C10H12BrFN4. The summed E-state index contributed by atoms with van der Waals surface area (Å²) in [6, 6.07) is 2.91. The minimum absolute atomic E-state index is 0.0261. The van der Waals surface area contributed by atoms with Crippen LogP contribution in [0.1, 0.15) is 13.8 Å². The average molecular weight is 287 g/mol. The van der Waals surface area contributed by atoms with Gasteiger partial charge in [-0.3, -0.25) is 5.41 Å². The van der Waals surface area contributed by atoms with Crippen molar-refractivity contribution < 1.29 is 4.39 Å². The Labute approximate surface area is 102 Å². The minimum Gasteiger partial charge on any atom is -0.343 e. The lowest BCUT2D eigenvalue weighted by molar-refractivity contribution is 0.584. The number of hydrogen-bond acceptors (Lipinski definition) is 2.